The van der Waals surface area contributed by atoms with Gasteiger partial charge >= 0.3 is 0 Å². The molecule has 0 bridgehead atoms. The van der Waals surface area contributed by atoms with Crippen molar-refractivity contribution in [2.75, 3.05) is 0 Å². The van der Waals surface area contributed by atoms with Gasteiger partial charge in [0.25, 0.3) is 0 Å². The molecule has 0 unspecified atom stereocenters. The SMILES string of the molecule is C=C[C@H](C)[C@@H]1CC[C@]2(C)C3=C(C(=O)C[C@]12C)[C@]1(C)CC(=NO)[C@H](O)C(C)(C)C1=C(O)C3=O. The highest BCUT2D eigenvalue weighted by Gasteiger charge is 2.67. The lowest BCUT2D eigenvalue weighted by Gasteiger charge is -2.57. The van der Waals surface area contributed by atoms with Gasteiger partial charge in [-0.05, 0) is 35.7 Å². The molecule has 0 aromatic rings. The number of hydrogen-bond donors (Lipinski definition) is 3. The van der Waals surface area contributed by atoms with Crippen LogP contribution in [0.4, 0.5) is 0 Å². The van der Waals surface area contributed by atoms with Gasteiger partial charge in [-0.15, -0.1) is 6.58 Å². The number of fused-ring (bicyclic) bond motifs is 4. The number of nitrogens with zero attached hydrogens (tertiary/aromatic N) is 1. The Hall–Kier alpha value is -2.21. The summed E-state index contributed by atoms with van der Waals surface area (Å²) in [5, 5.41) is 35.1. The molecule has 4 aliphatic rings. The number of aliphatic hydroxyl groups excluding tert-OH is 2. The highest BCUT2D eigenvalue weighted by atomic mass is 16.4. The van der Waals surface area contributed by atoms with Crippen LogP contribution in [0, 0.1) is 33.5 Å². The predicted molar refractivity (Wildman–Crippen MR) is 121 cm³/mol. The molecule has 0 amide bonds. The maximum atomic E-state index is 13.9. The van der Waals surface area contributed by atoms with Gasteiger partial charge in [0.05, 0.1) is 5.71 Å². The Morgan fingerprint density at radius 3 is 2.31 bits per heavy atom. The second-order valence-electron chi connectivity index (χ2n) is 11.6. The zero-order chi connectivity index (χ0) is 24.0. The topological polar surface area (TPSA) is 107 Å². The van der Waals surface area contributed by atoms with Crippen LogP contribution in [-0.2, 0) is 9.59 Å². The molecule has 0 saturated heterocycles. The zero-order valence-electron chi connectivity index (χ0n) is 20.0. The van der Waals surface area contributed by atoms with E-state index in [2.05, 4.69) is 32.5 Å². The first-order chi connectivity index (χ1) is 14.7. The number of hydrogen-bond acceptors (Lipinski definition) is 6. The van der Waals surface area contributed by atoms with Crippen LogP contribution in [-0.4, -0.2) is 38.8 Å². The van der Waals surface area contributed by atoms with E-state index >= 15 is 0 Å². The van der Waals surface area contributed by atoms with E-state index < -0.39 is 33.5 Å². The minimum atomic E-state index is -1.17. The summed E-state index contributed by atoms with van der Waals surface area (Å²) in [7, 11) is 0. The monoisotopic (exact) mass is 441 g/mol. The third kappa shape index (κ3) is 2.42. The maximum absolute atomic E-state index is 13.9. The van der Waals surface area contributed by atoms with E-state index in [-0.39, 0.29) is 35.5 Å². The van der Waals surface area contributed by atoms with Crippen molar-refractivity contribution in [1.82, 2.24) is 0 Å². The van der Waals surface area contributed by atoms with Crippen molar-refractivity contribution in [2.45, 2.75) is 73.3 Å². The summed E-state index contributed by atoms with van der Waals surface area (Å²) in [6, 6.07) is 0. The van der Waals surface area contributed by atoms with Gasteiger partial charge in [-0.2, -0.15) is 0 Å². The Labute approximate surface area is 189 Å². The molecule has 174 valence electrons. The Morgan fingerprint density at radius 1 is 1.12 bits per heavy atom. The summed E-state index contributed by atoms with van der Waals surface area (Å²) in [6.45, 7) is 15.5. The van der Waals surface area contributed by atoms with Gasteiger partial charge in [0.1, 0.15) is 6.10 Å². The highest BCUT2D eigenvalue weighted by Crippen LogP contribution is 2.70. The van der Waals surface area contributed by atoms with Crippen LogP contribution in [0.25, 0.3) is 0 Å². The van der Waals surface area contributed by atoms with Gasteiger partial charge < -0.3 is 15.4 Å². The number of rotatable bonds is 2. The first kappa shape index (κ1) is 23.0. The maximum Gasteiger partial charge on any atom is 0.224 e. The van der Waals surface area contributed by atoms with E-state index in [4.69, 9.17) is 0 Å². The lowest BCUT2D eigenvalue weighted by molar-refractivity contribution is -0.128. The lowest BCUT2D eigenvalue weighted by atomic mass is 9.45. The molecule has 3 N–H and O–H groups in total. The number of ketones is 2. The first-order valence-corrected chi connectivity index (χ1v) is 11.5. The minimum absolute atomic E-state index is 0.0740. The van der Waals surface area contributed by atoms with Crippen LogP contribution in [0.5, 0.6) is 0 Å². The summed E-state index contributed by atoms with van der Waals surface area (Å²) in [6.07, 6.45) is 2.76. The smallest absolute Gasteiger partial charge is 0.224 e. The van der Waals surface area contributed by atoms with Gasteiger partial charge in [-0.3, -0.25) is 9.59 Å². The fourth-order valence-electron chi connectivity index (χ4n) is 7.90. The van der Waals surface area contributed by atoms with Gasteiger partial charge in [-0.1, -0.05) is 52.8 Å². The second-order valence-corrected chi connectivity index (χ2v) is 11.6. The number of allylic oxidation sites excluding steroid dienone is 3. The number of aliphatic hydroxyl groups is 2. The van der Waals surface area contributed by atoms with Crippen molar-refractivity contribution < 1.29 is 25.0 Å². The van der Waals surface area contributed by atoms with Gasteiger partial charge in [0.2, 0.25) is 5.78 Å². The minimum Gasteiger partial charge on any atom is -0.504 e. The summed E-state index contributed by atoms with van der Waals surface area (Å²) >= 11 is 0. The second kappa shape index (κ2) is 6.66. The molecule has 0 aliphatic heterocycles. The van der Waals surface area contributed by atoms with Crippen LogP contribution in [0.1, 0.15) is 67.2 Å². The van der Waals surface area contributed by atoms with E-state index in [0.717, 1.165) is 12.8 Å². The van der Waals surface area contributed by atoms with E-state index in [1.807, 2.05) is 13.0 Å². The van der Waals surface area contributed by atoms with Crippen molar-refractivity contribution in [3.8, 4) is 0 Å². The van der Waals surface area contributed by atoms with Crippen molar-refractivity contribution in [2.24, 2.45) is 38.7 Å². The Bertz CT molecular complexity index is 1030. The standard InChI is InChI=1S/C26H35NO5/c1-8-13(2)14-9-10-25(6)18-17(16(28)12-26(14,25)7)24(5)11-15(27-32)22(31)23(3,4)21(24)20(30)19(18)29/h8,13-14,22,30-32H,1,9-12H2,2-7H3/t13-,14-,22-,24-,25+,26+/m0/s1. The molecule has 2 saturated carbocycles. The summed E-state index contributed by atoms with van der Waals surface area (Å²) in [5.74, 6) is -0.553. The van der Waals surface area contributed by atoms with Crippen LogP contribution in [0.2, 0.25) is 0 Å². The molecule has 32 heavy (non-hydrogen) atoms. The van der Waals surface area contributed by atoms with Crippen molar-refractivity contribution >= 4 is 17.3 Å². The molecular formula is C26H35NO5. The molecular weight excluding hydrogens is 406 g/mol. The summed E-state index contributed by atoms with van der Waals surface area (Å²) < 4.78 is 0. The predicted octanol–water partition coefficient (Wildman–Crippen LogP) is 4.52. The number of carbonyl (C=O) groups excluding carboxylic acids is 2. The Morgan fingerprint density at radius 2 is 1.75 bits per heavy atom. The molecule has 6 atom stereocenters. The third-order valence-electron chi connectivity index (χ3n) is 9.74. The van der Waals surface area contributed by atoms with Gasteiger partial charge in [0.15, 0.2) is 11.5 Å². The van der Waals surface area contributed by atoms with Crippen LogP contribution in [0.15, 0.2) is 40.3 Å². The number of Topliss-reactive ketones (excluding diaryl/α,β-unsaturated/α-hetero) is 2. The van der Waals surface area contributed by atoms with Crippen LogP contribution >= 0.6 is 0 Å². The highest BCUT2D eigenvalue weighted by molar-refractivity contribution is 6.18. The molecule has 0 aromatic heterocycles. The first-order valence-electron chi connectivity index (χ1n) is 11.5. The molecule has 4 rings (SSSR count). The largest absolute Gasteiger partial charge is 0.504 e. The number of carbonyl (C=O) groups is 2. The molecule has 0 spiro atoms. The molecule has 0 heterocycles. The van der Waals surface area contributed by atoms with E-state index in [1.165, 1.54) is 0 Å². The van der Waals surface area contributed by atoms with Crippen molar-refractivity contribution in [3.63, 3.8) is 0 Å². The average molecular weight is 442 g/mol. The quantitative estimate of drug-likeness (QED) is 0.332. The number of oxime groups is 1. The molecule has 2 fully saturated rings. The van der Waals surface area contributed by atoms with E-state index in [0.29, 0.717) is 23.1 Å². The van der Waals surface area contributed by atoms with Crippen molar-refractivity contribution in [1.29, 1.82) is 0 Å². The molecule has 6 nitrogen and oxygen atoms in total. The normalized spacial score (nSPS) is 43.2. The summed E-state index contributed by atoms with van der Waals surface area (Å²) in [5.41, 5.74) is -1.74. The Balaban J connectivity index is 2.01. The van der Waals surface area contributed by atoms with E-state index in [9.17, 15) is 25.0 Å². The van der Waals surface area contributed by atoms with E-state index in [1.54, 1.807) is 13.8 Å². The molecule has 6 heteroatoms. The molecule has 0 aromatic carbocycles. The van der Waals surface area contributed by atoms with Crippen LogP contribution < -0.4 is 0 Å². The molecule has 0 radical (unpaired) electrons. The van der Waals surface area contributed by atoms with Gasteiger partial charge in [0, 0.05) is 40.2 Å². The zero-order valence-corrected chi connectivity index (χ0v) is 20.0. The average Bonchev–Trinajstić information content (AvgIpc) is 2.98. The Kier molecular flexibility index (Phi) is 4.78. The molecule has 4 aliphatic carbocycles. The van der Waals surface area contributed by atoms with Gasteiger partial charge in [-0.25, -0.2) is 0 Å². The fraction of sp³-hybridized carbons (Fsp3) is 0.654. The fourth-order valence-corrected chi connectivity index (χ4v) is 7.90. The summed E-state index contributed by atoms with van der Waals surface area (Å²) in [4.78, 5) is 27.7. The van der Waals surface area contributed by atoms with Crippen molar-refractivity contribution in [3.05, 3.63) is 35.1 Å². The third-order valence-corrected chi connectivity index (χ3v) is 9.74. The lowest BCUT2D eigenvalue weighted by Crippen LogP contribution is -2.58. The van der Waals surface area contributed by atoms with Crippen LogP contribution in [0.3, 0.4) is 0 Å².